The predicted molar refractivity (Wildman–Crippen MR) is 32.2 cm³/mol. The molecule has 58 valence electrons. The van der Waals surface area contributed by atoms with Gasteiger partial charge in [0, 0.05) is 5.92 Å². The average Bonchev–Trinajstić information content (AvgIpc) is 2.34. The maximum absolute atomic E-state index is 10.5. The van der Waals surface area contributed by atoms with Gasteiger partial charge in [-0.3, -0.25) is 4.79 Å². The molecule has 0 saturated carbocycles. The summed E-state index contributed by atoms with van der Waals surface area (Å²) < 4.78 is 4.58. The molecule has 0 aromatic carbocycles. The molecule has 0 aromatic heterocycles. The Morgan fingerprint density at radius 2 is 2.50 bits per heavy atom. The second-order valence-corrected chi connectivity index (χ2v) is 2.40. The van der Waals surface area contributed by atoms with Crippen LogP contribution in [0.15, 0.2) is 0 Å². The Bertz CT molecular complexity index is 134. The standard InChI is InChI=1S/C6H10O4/c7-2-5(8)4-1-6(9)10-3-4/h4-5,7-8H,1-3H2/t4-,5-/m0/s1. The van der Waals surface area contributed by atoms with Crippen molar-refractivity contribution in [3.8, 4) is 0 Å². The topological polar surface area (TPSA) is 66.8 Å². The highest BCUT2D eigenvalue weighted by molar-refractivity contribution is 5.71. The molecule has 10 heavy (non-hydrogen) atoms. The molecule has 0 aromatic rings. The Morgan fingerprint density at radius 3 is 2.90 bits per heavy atom. The van der Waals surface area contributed by atoms with Gasteiger partial charge in [-0.25, -0.2) is 0 Å². The molecule has 4 nitrogen and oxygen atoms in total. The normalized spacial score (nSPS) is 28.2. The van der Waals surface area contributed by atoms with Gasteiger partial charge >= 0.3 is 5.97 Å². The van der Waals surface area contributed by atoms with Crippen LogP contribution in [0.5, 0.6) is 0 Å². The molecule has 0 amide bonds. The number of carbonyl (C=O) groups is 1. The van der Waals surface area contributed by atoms with Crippen LogP contribution in [-0.4, -0.2) is 35.5 Å². The fraction of sp³-hybridized carbons (Fsp3) is 0.833. The number of hydrogen-bond donors (Lipinski definition) is 2. The summed E-state index contributed by atoms with van der Waals surface area (Å²) in [6, 6.07) is 0. The minimum Gasteiger partial charge on any atom is -0.465 e. The number of aliphatic hydroxyl groups is 2. The summed E-state index contributed by atoms with van der Waals surface area (Å²) in [5.74, 6) is -0.505. The second-order valence-electron chi connectivity index (χ2n) is 2.40. The molecular weight excluding hydrogens is 136 g/mol. The van der Waals surface area contributed by atoms with Crippen molar-refractivity contribution in [2.24, 2.45) is 5.92 Å². The number of esters is 1. The van der Waals surface area contributed by atoms with Crippen LogP contribution in [0.1, 0.15) is 6.42 Å². The summed E-state index contributed by atoms with van der Waals surface area (Å²) in [6.45, 7) is -0.0676. The van der Waals surface area contributed by atoms with Gasteiger partial charge in [0.25, 0.3) is 0 Å². The number of hydrogen-bond acceptors (Lipinski definition) is 4. The number of cyclic esters (lactones) is 1. The van der Waals surface area contributed by atoms with E-state index in [0.29, 0.717) is 0 Å². The van der Waals surface area contributed by atoms with Crippen LogP contribution in [0.4, 0.5) is 0 Å². The van der Waals surface area contributed by atoms with E-state index in [9.17, 15) is 4.79 Å². The van der Waals surface area contributed by atoms with Crippen LogP contribution in [-0.2, 0) is 9.53 Å². The zero-order valence-corrected chi connectivity index (χ0v) is 5.49. The lowest BCUT2D eigenvalue weighted by atomic mass is 10.0. The maximum atomic E-state index is 10.5. The third-order valence-corrected chi connectivity index (χ3v) is 1.62. The molecule has 1 rings (SSSR count). The highest BCUT2D eigenvalue weighted by Crippen LogP contribution is 2.17. The van der Waals surface area contributed by atoms with Crippen LogP contribution in [0, 0.1) is 5.92 Å². The van der Waals surface area contributed by atoms with Gasteiger partial charge in [-0.2, -0.15) is 0 Å². The van der Waals surface area contributed by atoms with Crippen molar-refractivity contribution in [3.05, 3.63) is 0 Å². The van der Waals surface area contributed by atoms with E-state index in [2.05, 4.69) is 4.74 Å². The quantitative estimate of drug-likeness (QED) is 0.485. The predicted octanol–water partition coefficient (Wildman–Crippen LogP) is -1.10. The number of aliphatic hydroxyl groups excluding tert-OH is 2. The van der Waals surface area contributed by atoms with E-state index >= 15 is 0 Å². The van der Waals surface area contributed by atoms with Gasteiger partial charge in [0.1, 0.15) is 0 Å². The lowest BCUT2D eigenvalue weighted by molar-refractivity contribution is -0.137. The Balaban J connectivity index is 2.36. The number of rotatable bonds is 2. The second kappa shape index (κ2) is 2.98. The van der Waals surface area contributed by atoms with Crippen molar-refractivity contribution >= 4 is 5.97 Å². The van der Waals surface area contributed by atoms with Crippen LogP contribution in [0.3, 0.4) is 0 Å². The van der Waals surface area contributed by atoms with E-state index in [4.69, 9.17) is 10.2 Å². The van der Waals surface area contributed by atoms with Gasteiger partial charge in [0.05, 0.1) is 25.7 Å². The summed E-state index contributed by atoms with van der Waals surface area (Å²) in [5.41, 5.74) is 0. The zero-order chi connectivity index (χ0) is 7.56. The molecule has 1 aliphatic rings. The molecule has 0 radical (unpaired) electrons. The van der Waals surface area contributed by atoms with Gasteiger partial charge in [0.15, 0.2) is 0 Å². The minimum absolute atomic E-state index is 0.211. The molecule has 0 aliphatic carbocycles. The van der Waals surface area contributed by atoms with Crippen LogP contribution < -0.4 is 0 Å². The van der Waals surface area contributed by atoms with Crippen molar-refractivity contribution in [1.29, 1.82) is 0 Å². The lowest BCUT2D eigenvalue weighted by Gasteiger charge is -2.10. The van der Waals surface area contributed by atoms with E-state index in [-0.39, 0.29) is 31.5 Å². The van der Waals surface area contributed by atoms with Crippen molar-refractivity contribution in [2.75, 3.05) is 13.2 Å². The summed E-state index contributed by atoms with van der Waals surface area (Å²) >= 11 is 0. The Kier molecular flexibility index (Phi) is 2.24. The molecule has 1 heterocycles. The van der Waals surface area contributed by atoms with E-state index in [1.807, 2.05) is 0 Å². The highest BCUT2D eigenvalue weighted by atomic mass is 16.5. The Morgan fingerprint density at radius 1 is 1.80 bits per heavy atom. The first-order chi connectivity index (χ1) is 4.74. The molecule has 0 unspecified atom stereocenters. The smallest absolute Gasteiger partial charge is 0.306 e. The summed E-state index contributed by atoms with van der Waals surface area (Å²) in [5, 5.41) is 17.5. The molecule has 0 spiro atoms. The molecule has 2 N–H and O–H groups in total. The maximum Gasteiger partial charge on any atom is 0.306 e. The van der Waals surface area contributed by atoms with Crippen molar-refractivity contribution in [1.82, 2.24) is 0 Å². The molecule has 4 heteroatoms. The SMILES string of the molecule is O=C1C[C@H]([C@@H](O)CO)CO1. The molecule has 1 aliphatic heterocycles. The largest absolute Gasteiger partial charge is 0.465 e. The Hall–Kier alpha value is -0.610. The van der Waals surface area contributed by atoms with E-state index < -0.39 is 6.10 Å². The number of ether oxygens (including phenoxy) is 1. The van der Waals surface area contributed by atoms with Gasteiger partial charge < -0.3 is 14.9 Å². The highest BCUT2D eigenvalue weighted by Gasteiger charge is 2.29. The summed E-state index contributed by atoms with van der Waals surface area (Å²) in [4.78, 5) is 10.5. The first-order valence-electron chi connectivity index (χ1n) is 3.18. The first-order valence-corrected chi connectivity index (χ1v) is 3.18. The molecule has 2 atom stereocenters. The Labute approximate surface area is 58.4 Å². The summed E-state index contributed by atoms with van der Waals surface area (Å²) in [6.07, 6.45) is -0.590. The van der Waals surface area contributed by atoms with Crippen LogP contribution >= 0.6 is 0 Å². The lowest BCUT2D eigenvalue weighted by Crippen LogP contribution is -2.24. The van der Waals surface area contributed by atoms with E-state index in [0.717, 1.165) is 0 Å². The van der Waals surface area contributed by atoms with E-state index in [1.54, 1.807) is 0 Å². The average molecular weight is 146 g/mol. The van der Waals surface area contributed by atoms with Crippen LogP contribution in [0.2, 0.25) is 0 Å². The summed E-state index contributed by atoms with van der Waals surface area (Å²) in [7, 11) is 0. The van der Waals surface area contributed by atoms with Crippen molar-refractivity contribution < 1.29 is 19.7 Å². The fourth-order valence-corrected chi connectivity index (χ4v) is 0.928. The zero-order valence-electron chi connectivity index (χ0n) is 5.49. The first kappa shape index (κ1) is 7.50. The molecule has 1 fully saturated rings. The third kappa shape index (κ3) is 1.46. The molecular formula is C6H10O4. The van der Waals surface area contributed by atoms with Gasteiger partial charge in [-0.1, -0.05) is 0 Å². The van der Waals surface area contributed by atoms with Crippen molar-refractivity contribution in [3.63, 3.8) is 0 Å². The van der Waals surface area contributed by atoms with Crippen LogP contribution in [0.25, 0.3) is 0 Å². The van der Waals surface area contributed by atoms with Gasteiger partial charge in [-0.15, -0.1) is 0 Å². The van der Waals surface area contributed by atoms with Gasteiger partial charge in [0.2, 0.25) is 0 Å². The van der Waals surface area contributed by atoms with Gasteiger partial charge in [-0.05, 0) is 0 Å². The van der Waals surface area contributed by atoms with E-state index in [1.165, 1.54) is 0 Å². The number of carbonyl (C=O) groups excluding carboxylic acids is 1. The molecule has 0 bridgehead atoms. The fourth-order valence-electron chi connectivity index (χ4n) is 0.928. The monoisotopic (exact) mass is 146 g/mol. The minimum atomic E-state index is -0.813. The molecule has 1 saturated heterocycles. The van der Waals surface area contributed by atoms with Crippen molar-refractivity contribution in [2.45, 2.75) is 12.5 Å². The third-order valence-electron chi connectivity index (χ3n) is 1.62.